The number of nitrogens with two attached hydrogens (primary N) is 1. The predicted octanol–water partition coefficient (Wildman–Crippen LogP) is 4.56. The van der Waals surface area contributed by atoms with E-state index in [-0.39, 0.29) is 5.41 Å². The Bertz CT molecular complexity index is 463. The summed E-state index contributed by atoms with van der Waals surface area (Å²) in [5, 5.41) is 10.9. The Kier molecular flexibility index (Phi) is 5.34. The molecule has 1 saturated carbocycles. The van der Waals surface area contributed by atoms with Crippen LogP contribution in [0.5, 0.6) is 0 Å². The van der Waals surface area contributed by atoms with Gasteiger partial charge in [0.2, 0.25) is 0 Å². The van der Waals surface area contributed by atoms with Crippen LogP contribution in [-0.2, 0) is 5.60 Å². The van der Waals surface area contributed by atoms with Gasteiger partial charge in [-0.15, -0.1) is 0 Å². The van der Waals surface area contributed by atoms with Crippen LogP contribution in [0, 0.1) is 11.3 Å². The third kappa shape index (κ3) is 4.33. The van der Waals surface area contributed by atoms with Crippen molar-refractivity contribution in [2.24, 2.45) is 17.1 Å². The van der Waals surface area contributed by atoms with Gasteiger partial charge in [0.15, 0.2) is 0 Å². The number of aliphatic hydroxyl groups is 1. The Hall–Kier alpha value is -0.860. The fourth-order valence-corrected chi connectivity index (χ4v) is 3.67. The van der Waals surface area contributed by atoms with E-state index >= 15 is 0 Å². The molecule has 0 radical (unpaired) electrons. The zero-order valence-corrected chi connectivity index (χ0v) is 14.7. The molecule has 0 aromatic heterocycles. The van der Waals surface area contributed by atoms with Gasteiger partial charge in [0, 0.05) is 0 Å². The van der Waals surface area contributed by atoms with Gasteiger partial charge in [0.25, 0.3) is 0 Å². The molecule has 2 heteroatoms. The van der Waals surface area contributed by atoms with Gasteiger partial charge in [-0.2, -0.15) is 0 Å². The summed E-state index contributed by atoms with van der Waals surface area (Å²) in [6, 6.07) is 8.59. The molecule has 0 spiro atoms. The Morgan fingerprint density at radius 2 is 1.73 bits per heavy atom. The SMILES string of the molecule is CC1CCC(O)(c2ccc(C(CN)CC(C)(C)C)cc2)CC1. The minimum absolute atomic E-state index is 0.278. The minimum Gasteiger partial charge on any atom is -0.385 e. The zero-order valence-electron chi connectivity index (χ0n) is 14.7. The molecule has 2 nitrogen and oxygen atoms in total. The van der Waals surface area contributed by atoms with Crippen LogP contribution in [0.1, 0.15) is 76.8 Å². The molecule has 1 aromatic rings. The van der Waals surface area contributed by atoms with Crippen LogP contribution in [0.3, 0.4) is 0 Å². The van der Waals surface area contributed by atoms with Crippen LogP contribution in [0.2, 0.25) is 0 Å². The van der Waals surface area contributed by atoms with E-state index < -0.39 is 5.60 Å². The Morgan fingerprint density at radius 3 is 2.18 bits per heavy atom. The van der Waals surface area contributed by atoms with Crippen LogP contribution in [0.4, 0.5) is 0 Å². The van der Waals surface area contributed by atoms with E-state index in [9.17, 15) is 5.11 Å². The average molecular weight is 303 g/mol. The van der Waals surface area contributed by atoms with Crippen molar-refractivity contribution in [1.82, 2.24) is 0 Å². The van der Waals surface area contributed by atoms with Gasteiger partial charge in [0.1, 0.15) is 0 Å². The molecule has 0 bridgehead atoms. The maximum atomic E-state index is 10.9. The van der Waals surface area contributed by atoms with Crippen LogP contribution in [0.15, 0.2) is 24.3 Å². The first kappa shape index (κ1) is 17.5. The molecular weight excluding hydrogens is 270 g/mol. The largest absolute Gasteiger partial charge is 0.385 e. The molecule has 1 unspecified atom stereocenters. The third-order valence-corrected chi connectivity index (χ3v) is 5.16. The van der Waals surface area contributed by atoms with Crippen molar-refractivity contribution in [1.29, 1.82) is 0 Å². The van der Waals surface area contributed by atoms with Crippen molar-refractivity contribution < 1.29 is 5.11 Å². The highest BCUT2D eigenvalue weighted by Crippen LogP contribution is 2.40. The second-order valence-electron chi connectivity index (χ2n) is 8.53. The molecule has 0 saturated heterocycles. The zero-order chi connectivity index (χ0) is 16.4. The Morgan fingerprint density at radius 1 is 1.18 bits per heavy atom. The van der Waals surface area contributed by atoms with E-state index in [2.05, 4.69) is 52.0 Å². The first-order valence-corrected chi connectivity index (χ1v) is 8.76. The van der Waals surface area contributed by atoms with Crippen molar-refractivity contribution in [2.45, 2.75) is 71.3 Å². The lowest BCUT2D eigenvalue weighted by Gasteiger charge is -2.35. The molecule has 1 aliphatic carbocycles. The van der Waals surface area contributed by atoms with Gasteiger partial charge in [-0.25, -0.2) is 0 Å². The van der Waals surface area contributed by atoms with E-state index in [0.29, 0.717) is 12.5 Å². The van der Waals surface area contributed by atoms with Gasteiger partial charge in [0.05, 0.1) is 5.60 Å². The first-order chi connectivity index (χ1) is 10.2. The maximum Gasteiger partial charge on any atom is 0.0896 e. The van der Waals surface area contributed by atoms with Crippen molar-refractivity contribution in [3.05, 3.63) is 35.4 Å². The summed E-state index contributed by atoms with van der Waals surface area (Å²) in [5.74, 6) is 1.14. The topological polar surface area (TPSA) is 46.2 Å². The second-order valence-corrected chi connectivity index (χ2v) is 8.53. The summed E-state index contributed by atoms with van der Waals surface area (Å²) in [6.07, 6.45) is 5.09. The van der Waals surface area contributed by atoms with Crippen LogP contribution < -0.4 is 5.73 Å². The van der Waals surface area contributed by atoms with Gasteiger partial charge >= 0.3 is 0 Å². The molecule has 0 aliphatic heterocycles. The molecule has 0 amide bonds. The summed E-state index contributed by atoms with van der Waals surface area (Å²) in [7, 11) is 0. The van der Waals surface area contributed by atoms with Crippen molar-refractivity contribution in [2.75, 3.05) is 6.54 Å². The minimum atomic E-state index is -0.618. The smallest absolute Gasteiger partial charge is 0.0896 e. The molecule has 0 heterocycles. The third-order valence-electron chi connectivity index (χ3n) is 5.16. The Labute approximate surface area is 136 Å². The Balaban J connectivity index is 2.12. The number of hydrogen-bond donors (Lipinski definition) is 2. The number of benzene rings is 1. The summed E-state index contributed by atoms with van der Waals surface area (Å²) in [5.41, 5.74) is 8.02. The van der Waals surface area contributed by atoms with Crippen molar-refractivity contribution in [3.63, 3.8) is 0 Å². The van der Waals surface area contributed by atoms with Gasteiger partial charge in [-0.1, -0.05) is 52.0 Å². The molecule has 22 heavy (non-hydrogen) atoms. The molecule has 1 aromatic carbocycles. The molecule has 124 valence electrons. The fraction of sp³-hybridized carbons (Fsp3) is 0.700. The lowest BCUT2D eigenvalue weighted by atomic mass is 9.75. The second kappa shape index (κ2) is 6.72. The first-order valence-electron chi connectivity index (χ1n) is 8.76. The summed E-state index contributed by atoms with van der Waals surface area (Å²) in [6.45, 7) is 9.74. The average Bonchev–Trinajstić information content (AvgIpc) is 2.47. The van der Waals surface area contributed by atoms with E-state index in [1.807, 2.05) is 0 Å². The van der Waals surface area contributed by atoms with E-state index in [4.69, 9.17) is 5.73 Å². The molecule has 3 N–H and O–H groups in total. The summed E-state index contributed by atoms with van der Waals surface area (Å²) < 4.78 is 0. The van der Waals surface area contributed by atoms with E-state index in [1.165, 1.54) is 5.56 Å². The monoisotopic (exact) mass is 303 g/mol. The van der Waals surface area contributed by atoms with Crippen LogP contribution >= 0.6 is 0 Å². The lowest BCUT2D eigenvalue weighted by Crippen LogP contribution is -2.30. The number of hydrogen-bond acceptors (Lipinski definition) is 2. The molecule has 2 rings (SSSR count). The van der Waals surface area contributed by atoms with Crippen molar-refractivity contribution >= 4 is 0 Å². The maximum absolute atomic E-state index is 10.9. The highest BCUT2D eigenvalue weighted by atomic mass is 16.3. The highest BCUT2D eigenvalue weighted by Gasteiger charge is 2.33. The van der Waals surface area contributed by atoms with Crippen LogP contribution in [-0.4, -0.2) is 11.7 Å². The van der Waals surface area contributed by atoms with Gasteiger partial charge < -0.3 is 10.8 Å². The summed E-state index contributed by atoms with van der Waals surface area (Å²) >= 11 is 0. The van der Waals surface area contributed by atoms with E-state index in [0.717, 1.165) is 43.6 Å². The predicted molar refractivity (Wildman–Crippen MR) is 93.8 cm³/mol. The normalized spacial score (nSPS) is 27.6. The van der Waals surface area contributed by atoms with Gasteiger partial charge in [-0.3, -0.25) is 0 Å². The number of rotatable bonds is 4. The molecule has 1 fully saturated rings. The fourth-order valence-electron chi connectivity index (χ4n) is 3.67. The lowest BCUT2D eigenvalue weighted by molar-refractivity contribution is -0.0120. The van der Waals surface area contributed by atoms with Crippen molar-refractivity contribution in [3.8, 4) is 0 Å². The molecule has 1 aliphatic rings. The van der Waals surface area contributed by atoms with E-state index in [1.54, 1.807) is 0 Å². The standard InChI is InChI=1S/C20H33NO/c1-15-9-11-20(22,12-10-15)18-7-5-16(6-8-18)17(14-21)13-19(2,3)4/h5-8,15,17,22H,9-14,21H2,1-4H3. The molecular formula is C20H33NO. The molecule has 1 atom stereocenters. The summed E-state index contributed by atoms with van der Waals surface area (Å²) in [4.78, 5) is 0. The highest BCUT2D eigenvalue weighted by molar-refractivity contribution is 5.30. The quantitative estimate of drug-likeness (QED) is 0.856. The van der Waals surface area contributed by atoms with Gasteiger partial charge in [-0.05, 0) is 67.0 Å². The van der Waals surface area contributed by atoms with Crippen LogP contribution in [0.25, 0.3) is 0 Å².